The summed E-state index contributed by atoms with van der Waals surface area (Å²) in [4.78, 5) is 0. The Morgan fingerprint density at radius 3 is 2.33 bits per heavy atom. The Morgan fingerprint density at radius 2 is 2.00 bits per heavy atom. The van der Waals surface area contributed by atoms with Gasteiger partial charge in [0.25, 0.3) is 0 Å². The van der Waals surface area contributed by atoms with Crippen LogP contribution < -0.4 is 0 Å². The molecule has 0 spiro atoms. The van der Waals surface area contributed by atoms with Gasteiger partial charge in [0.05, 0.1) is 0 Å². The highest BCUT2D eigenvalue weighted by Gasteiger charge is 2.12. The van der Waals surface area contributed by atoms with Crippen LogP contribution >= 0.6 is 46.8 Å². The molecule has 0 rings (SSSR count). The lowest BCUT2D eigenvalue weighted by atomic mass is 10.6. The lowest BCUT2D eigenvalue weighted by Crippen LogP contribution is -1.95. The standard InChI is InChI=1S/C5H12S4/c1-3-4-8-9-5(2,6)7/h6-7H,3-4H2,1-2H3. The Labute approximate surface area is 76.2 Å². The van der Waals surface area contributed by atoms with Crippen molar-refractivity contribution in [2.75, 3.05) is 5.75 Å². The van der Waals surface area contributed by atoms with Crippen molar-refractivity contribution in [2.24, 2.45) is 0 Å². The van der Waals surface area contributed by atoms with Crippen LogP contribution in [0.2, 0.25) is 0 Å². The van der Waals surface area contributed by atoms with Crippen molar-refractivity contribution in [1.29, 1.82) is 0 Å². The van der Waals surface area contributed by atoms with Gasteiger partial charge in [-0.1, -0.05) is 28.5 Å². The van der Waals surface area contributed by atoms with Gasteiger partial charge in [0.2, 0.25) is 0 Å². The van der Waals surface area contributed by atoms with E-state index < -0.39 is 0 Å². The van der Waals surface area contributed by atoms with Gasteiger partial charge in [0, 0.05) is 5.75 Å². The molecule has 0 aliphatic heterocycles. The van der Waals surface area contributed by atoms with Crippen molar-refractivity contribution in [2.45, 2.75) is 23.7 Å². The highest BCUT2D eigenvalue weighted by Crippen LogP contribution is 2.41. The Balaban J connectivity index is 3.07. The van der Waals surface area contributed by atoms with E-state index in [0.717, 1.165) is 0 Å². The summed E-state index contributed by atoms with van der Waals surface area (Å²) in [6.45, 7) is 4.15. The Bertz CT molecular complexity index is 65.8. The van der Waals surface area contributed by atoms with Gasteiger partial charge in [-0.05, 0) is 13.3 Å². The zero-order valence-electron chi connectivity index (χ0n) is 5.63. The third-order valence-electron chi connectivity index (χ3n) is 0.504. The fourth-order valence-electron chi connectivity index (χ4n) is 0.237. The monoisotopic (exact) mass is 200 g/mol. The Hall–Kier alpha value is 1.40. The molecule has 4 heteroatoms. The molecule has 0 aromatic carbocycles. The predicted molar refractivity (Wildman–Crippen MR) is 56.7 cm³/mol. The molecular formula is C5H12S4. The molecule has 0 radical (unpaired) electrons. The maximum Gasteiger partial charge on any atom is 0.108 e. The van der Waals surface area contributed by atoms with Gasteiger partial charge in [0.15, 0.2) is 0 Å². The van der Waals surface area contributed by atoms with Crippen molar-refractivity contribution in [3.05, 3.63) is 0 Å². The third-order valence-corrected chi connectivity index (χ3v) is 4.66. The number of thiol groups is 2. The minimum absolute atomic E-state index is 0.181. The summed E-state index contributed by atoms with van der Waals surface area (Å²) in [5, 5.41) is 0. The first-order valence-corrected chi connectivity index (χ1v) is 6.03. The second-order valence-electron chi connectivity index (χ2n) is 1.84. The van der Waals surface area contributed by atoms with E-state index in [0.29, 0.717) is 0 Å². The highest BCUT2D eigenvalue weighted by atomic mass is 33.1. The molecule has 0 nitrogen and oxygen atoms in total. The number of hydrogen-bond acceptors (Lipinski definition) is 4. The summed E-state index contributed by atoms with van der Waals surface area (Å²) >= 11 is 8.47. The van der Waals surface area contributed by atoms with E-state index in [1.54, 1.807) is 10.8 Å². The predicted octanol–water partition coefficient (Wildman–Crippen LogP) is 3.31. The fraction of sp³-hybridized carbons (Fsp3) is 1.00. The van der Waals surface area contributed by atoms with E-state index in [-0.39, 0.29) is 3.41 Å². The van der Waals surface area contributed by atoms with Crippen LogP contribution in [0.1, 0.15) is 20.3 Å². The van der Waals surface area contributed by atoms with Crippen molar-refractivity contribution in [1.82, 2.24) is 0 Å². The first-order valence-electron chi connectivity index (χ1n) is 2.81. The molecule has 0 N–H and O–H groups in total. The second-order valence-corrected chi connectivity index (χ2v) is 7.42. The first kappa shape index (κ1) is 10.4. The summed E-state index contributed by atoms with van der Waals surface area (Å²) in [5.41, 5.74) is 0. The van der Waals surface area contributed by atoms with Crippen molar-refractivity contribution in [3.63, 3.8) is 0 Å². The van der Waals surface area contributed by atoms with Gasteiger partial charge in [0.1, 0.15) is 3.41 Å². The van der Waals surface area contributed by atoms with Crippen LogP contribution in [0.4, 0.5) is 0 Å². The smallest absolute Gasteiger partial charge is 0.108 e. The molecule has 0 saturated heterocycles. The Morgan fingerprint density at radius 1 is 1.44 bits per heavy atom. The quantitative estimate of drug-likeness (QED) is 0.309. The molecule has 0 unspecified atom stereocenters. The molecule has 9 heavy (non-hydrogen) atoms. The van der Waals surface area contributed by atoms with Crippen LogP contribution in [0.3, 0.4) is 0 Å². The second kappa shape index (κ2) is 5.10. The van der Waals surface area contributed by atoms with Crippen LogP contribution in [0.5, 0.6) is 0 Å². The molecule has 0 atom stereocenters. The normalized spacial score (nSPS) is 12.0. The molecule has 0 heterocycles. The maximum atomic E-state index is 4.23. The zero-order chi connectivity index (χ0) is 7.33. The van der Waals surface area contributed by atoms with Crippen LogP contribution in [-0.2, 0) is 0 Å². The van der Waals surface area contributed by atoms with Gasteiger partial charge < -0.3 is 0 Å². The lowest BCUT2D eigenvalue weighted by molar-refractivity contribution is 1.11. The number of hydrogen-bond donors (Lipinski definition) is 2. The van der Waals surface area contributed by atoms with E-state index in [4.69, 9.17) is 0 Å². The van der Waals surface area contributed by atoms with Gasteiger partial charge in [-0.2, -0.15) is 25.3 Å². The van der Waals surface area contributed by atoms with Gasteiger partial charge in [-0.15, -0.1) is 0 Å². The molecule has 56 valence electrons. The topological polar surface area (TPSA) is 0 Å². The van der Waals surface area contributed by atoms with E-state index >= 15 is 0 Å². The van der Waals surface area contributed by atoms with E-state index in [2.05, 4.69) is 32.2 Å². The Kier molecular flexibility index (Phi) is 5.90. The molecule has 0 aromatic rings. The molecule has 0 saturated carbocycles. The zero-order valence-corrected chi connectivity index (χ0v) is 9.05. The molecule has 0 fully saturated rings. The molecule has 0 amide bonds. The summed E-state index contributed by atoms with van der Waals surface area (Å²) in [6.07, 6.45) is 1.22. The summed E-state index contributed by atoms with van der Waals surface area (Å²) < 4.78 is -0.181. The van der Waals surface area contributed by atoms with Gasteiger partial charge in [-0.25, -0.2) is 0 Å². The van der Waals surface area contributed by atoms with Crippen LogP contribution in [0.15, 0.2) is 0 Å². The van der Waals surface area contributed by atoms with Crippen molar-refractivity contribution >= 4 is 46.8 Å². The third kappa shape index (κ3) is 9.40. The molecule has 0 aliphatic rings. The molecule has 0 aromatic heterocycles. The molecule has 0 aliphatic carbocycles. The number of rotatable bonds is 4. The SMILES string of the molecule is CCCSSC(C)(S)S. The average Bonchev–Trinajstić information content (AvgIpc) is 1.63. The van der Waals surface area contributed by atoms with Gasteiger partial charge in [-0.3, -0.25) is 0 Å². The van der Waals surface area contributed by atoms with E-state index in [1.807, 2.05) is 17.7 Å². The van der Waals surface area contributed by atoms with Crippen LogP contribution in [0.25, 0.3) is 0 Å². The maximum absolute atomic E-state index is 4.23. The van der Waals surface area contributed by atoms with E-state index in [9.17, 15) is 0 Å². The van der Waals surface area contributed by atoms with Crippen molar-refractivity contribution in [3.8, 4) is 0 Å². The molecular weight excluding hydrogens is 188 g/mol. The highest BCUT2D eigenvalue weighted by molar-refractivity contribution is 8.80. The lowest BCUT2D eigenvalue weighted by Gasteiger charge is -2.13. The minimum Gasteiger partial charge on any atom is -0.151 e. The first-order chi connectivity index (χ1) is 4.06. The van der Waals surface area contributed by atoms with Crippen LogP contribution in [-0.4, -0.2) is 9.16 Å². The average molecular weight is 200 g/mol. The largest absolute Gasteiger partial charge is 0.151 e. The summed E-state index contributed by atoms with van der Waals surface area (Å²) in [5.74, 6) is 1.18. The summed E-state index contributed by atoms with van der Waals surface area (Å²) in [6, 6.07) is 0. The van der Waals surface area contributed by atoms with E-state index in [1.165, 1.54) is 12.2 Å². The minimum atomic E-state index is -0.181. The van der Waals surface area contributed by atoms with Crippen LogP contribution in [0, 0.1) is 0 Å². The fourth-order valence-corrected chi connectivity index (χ4v) is 3.08. The molecule has 0 bridgehead atoms. The van der Waals surface area contributed by atoms with Crippen molar-refractivity contribution < 1.29 is 0 Å². The summed E-state index contributed by atoms with van der Waals surface area (Å²) in [7, 11) is 3.53. The van der Waals surface area contributed by atoms with Gasteiger partial charge >= 0.3 is 0 Å².